The topological polar surface area (TPSA) is 76.9 Å². The Balaban J connectivity index is 2.32. The zero-order chi connectivity index (χ0) is 16.4. The van der Waals surface area contributed by atoms with Gasteiger partial charge in [0.05, 0.1) is 11.9 Å². The molecule has 1 aromatic heterocycles. The van der Waals surface area contributed by atoms with Crippen molar-refractivity contribution < 1.29 is 13.5 Å². The molecule has 2 N–H and O–H groups in total. The molecule has 8 heteroatoms. The highest BCUT2D eigenvalue weighted by Crippen LogP contribution is 2.35. The minimum atomic E-state index is -3.42. The van der Waals surface area contributed by atoms with Gasteiger partial charge in [0.25, 0.3) is 6.26 Å². The van der Waals surface area contributed by atoms with Gasteiger partial charge in [-0.1, -0.05) is 22.0 Å². The van der Waals surface area contributed by atoms with Gasteiger partial charge in [-0.3, -0.25) is 0 Å². The van der Waals surface area contributed by atoms with Crippen molar-refractivity contribution in [1.82, 2.24) is 9.78 Å². The van der Waals surface area contributed by atoms with Crippen LogP contribution in [0, 0.1) is 11.5 Å². The van der Waals surface area contributed by atoms with Crippen LogP contribution in [0.25, 0.3) is 5.69 Å². The van der Waals surface area contributed by atoms with Crippen LogP contribution in [-0.2, 0) is 10.3 Å². The molecule has 0 aliphatic rings. The molecule has 0 fully saturated rings. The molecule has 1 atom stereocenters. The van der Waals surface area contributed by atoms with Gasteiger partial charge in [0.2, 0.25) is 0 Å². The van der Waals surface area contributed by atoms with E-state index >= 15 is 0 Å². The van der Waals surface area contributed by atoms with Crippen LogP contribution in [0.2, 0.25) is 0 Å². The summed E-state index contributed by atoms with van der Waals surface area (Å²) >= 11 is 3.33. The molecule has 1 aromatic carbocycles. The summed E-state index contributed by atoms with van der Waals surface area (Å²) in [6.07, 6.45) is 3.93. The average molecular weight is 371 g/mol. The predicted octanol–water partition coefficient (Wildman–Crippen LogP) is 2.94. The van der Waals surface area contributed by atoms with Gasteiger partial charge in [-0.2, -0.15) is 10.4 Å². The molecule has 1 heterocycles. The number of halogens is 3. The van der Waals surface area contributed by atoms with Crippen molar-refractivity contribution in [3.63, 3.8) is 0 Å². The van der Waals surface area contributed by atoms with E-state index in [0.717, 1.165) is 4.47 Å². The molecule has 0 amide bonds. The summed E-state index contributed by atoms with van der Waals surface area (Å²) in [4.78, 5) is 0. The summed E-state index contributed by atoms with van der Waals surface area (Å²) in [6, 6.07) is 7.22. The Labute approximate surface area is 134 Å². The molecule has 2 rings (SSSR count). The molecule has 0 bridgehead atoms. The van der Waals surface area contributed by atoms with Crippen molar-refractivity contribution in [1.29, 1.82) is 5.26 Å². The fourth-order valence-electron chi connectivity index (χ4n) is 1.83. The monoisotopic (exact) mass is 370 g/mol. The Morgan fingerprint density at radius 1 is 1.50 bits per heavy atom. The van der Waals surface area contributed by atoms with E-state index in [-0.39, 0.29) is 5.56 Å². The van der Waals surface area contributed by atoms with Crippen LogP contribution < -0.4 is 5.73 Å². The summed E-state index contributed by atoms with van der Waals surface area (Å²) < 4.78 is 34.7. The van der Waals surface area contributed by atoms with Crippen LogP contribution in [0.3, 0.4) is 0 Å². The van der Waals surface area contributed by atoms with E-state index in [9.17, 15) is 8.78 Å². The molecule has 0 unspecified atom stereocenters. The second-order valence-corrected chi connectivity index (χ2v) is 5.86. The van der Waals surface area contributed by atoms with Crippen molar-refractivity contribution in [2.75, 3.05) is 6.61 Å². The van der Waals surface area contributed by atoms with E-state index < -0.39 is 18.1 Å². The average Bonchev–Trinajstić information content (AvgIpc) is 2.95. The number of hydrogen-bond acceptors (Lipinski definition) is 4. The Bertz CT molecular complexity index is 709. The first kappa shape index (κ1) is 16.4. The third kappa shape index (κ3) is 3.10. The minimum Gasteiger partial charge on any atom is -0.421 e. The lowest BCUT2D eigenvalue weighted by Crippen LogP contribution is -2.52. The summed E-state index contributed by atoms with van der Waals surface area (Å²) in [6.45, 7) is 0.0918. The molecule has 0 aliphatic heterocycles. The van der Waals surface area contributed by atoms with Crippen LogP contribution >= 0.6 is 15.9 Å². The van der Waals surface area contributed by atoms with E-state index in [2.05, 4.69) is 25.8 Å². The molecule has 0 saturated heterocycles. The Kier molecular flexibility index (Phi) is 4.49. The number of alkyl halides is 2. The van der Waals surface area contributed by atoms with E-state index in [1.807, 2.05) is 6.07 Å². The Morgan fingerprint density at radius 3 is 2.86 bits per heavy atom. The van der Waals surface area contributed by atoms with Crippen molar-refractivity contribution in [3.8, 4) is 11.9 Å². The van der Waals surface area contributed by atoms with Crippen molar-refractivity contribution >= 4 is 15.9 Å². The van der Waals surface area contributed by atoms with Gasteiger partial charge < -0.3 is 10.5 Å². The summed E-state index contributed by atoms with van der Waals surface area (Å²) in [5.74, 6) is -3.42. The second kappa shape index (κ2) is 6.02. The molecule has 0 spiro atoms. The van der Waals surface area contributed by atoms with Gasteiger partial charge in [0, 0.05) is 16.2 Å². The number of aromatic nitrogens is 2. The van der Waals surface area contributed by atoms with Gasteiger partial charge in [0.1, 0.15) is 5.54 Å². The standard InChI is InChI=1S/C14H13BrF2N4O/c1-13(19,14(16,17)8-22-9-18)10-6-20-21(7-10)12-4-2-3-11(15)5-12/h2-7H,8,19H2,1H3/t13-/m1/s1. The zero-order valence-corrected chi connectivity index (χ0v) is 13.2. The van der Waals surface area contributed by atoms with E-state index in [1.54, 1.807) is 18.2 Å². The summed E-state index contributed by atoms with van der Waals surface area (Å²) in [5, 5.41) is 12.3. The molecule has 22 heavy (non-hydrogen) atoms. The summed E-state index contributed by atoms with van der Waals surface area (Å²) in [5.41, 5.74) is 4.60. The first-order valence-corrected chi connectivity index (χ1v) is 7.06. The van der Waals surface area contributed by atoms with E-state index in [1.165, 1.54) is 30.3 Å². The summed E-state index contributed by atoms with van der Waals surface area (Å²) in [7, 11) is 0. The highest BCUT2D eigenvalue weighted by molar-refractivity contribution is 9.10. The fourth-order valence-corrected chi connectivity index (χ4v) is 2.22. The van der Waals surface area contributed by atoms with Crippen molar-refractivity contribution in [3.05, 3.63) is 46.7 Å². The highest BCUT2D eigenvalue weighted by Gasteiger charge is 2.50. The molecule has 5 nitrogen and oxygen atoms in total. The quantitative estimate of drug-likeness (QED) is 0.820. The predicted molar refractivity (Wildman–Crippen MR) is 79.3 cm³/mol. The number of nitrogens with two attached hydrogens (primary N) is 1. The minimum absolute atomic E-state index is 0.138. The maximum absolute atomic E-state index is 14.1. The first-order chi connectivity index (χ1) is 10.3. The van der Waals surface area contributed by atoms with Crippen LogP contribution in [0.1, 0.15) is 12.5 Å². The number of benzene rings is 1. The van der Waals surface area contributed by atoms with Crippen LogP contribution in [0.4, 0.5) is 8.78 Å². The third-order valence-corrected chi connectivity index (χ3v) is 3.83. The maximum atomic E-state index is 14.1. The lowest BCUT2D eigenvalue weighted by Gasteiger charge is -2.31. The van der Waals surface area contributed by atoms with Crippen LogP contribution in [0.5, 0.6) is 0 Å². The zero-order valence-electron chi connectivity index (χ0n) is 11.6. The number of nitriles is 1. The lowest BCUT2D eigenvalue weighted by atomic mass is 9.89. The number of ether oxygens (including phenoxy) is 1. The van der Waals surface area contributed by atoms with E-state index in [4.69, 9.17) is 11.0 Å². The largest absolute Gasteiger partial charge is 0.421 e. The number of nitrogens with zero attached hydrogens (tertiary/aromatic N) is 3. The Hall–Kier alpha value is -1.98. The van der Waals surface area contributed by atoms with Gasteiger partial charge in [-0.05, 0) is 25.1 Å². The molecule has 0 saturated carbocycles. The van der Waals surface area contributed by atoms with Gasteiger partial charge in [-0.15, -0.1) is 0 Å². The lowest BCUT2D eigenvalue weighted by molar-refractivity contribution is -0.108. The van der Waals surface area contributed by atoms with Crippen LogP contribution in [0.15, 0.2) is 41.1 Å². The maximum Gasteiger partial charge on any atom is 0.303 e. The molecular weight excluding hydrogens is 358 g/mol. The number of hydrogen-bond donors (Lipinski definition) is 1. The smallest absolute Gasteiger partial charge is 0.303 e. The number of rotatable bonds is 5. The van der Waals surface area contributed by atoms with Crippen molar-refractivity contribution in [2.45, 2.75) is 18.4 Å². The Morgan fingerprint density at radius 2 is 2.23 bits per heavy atom. The van der Waals surface area contributed by atoms with Gasteiger partial charge in [-0.25, -0.2) is 13.5 Å². The van der Waals surface area contributed by atoms with Gasteiger partial charge in [0.15, 0.2) is 6.61 Å². The second-order valence-electron chi connectivity index (χ2n) is 4.94. The molecule has 0 radical (unpaired) electrons. The SMILES string of the molecule is C[C@@](N)(c1cnn(-c2cccc(Br)c2)c1)C(F)(F)COC#N. The van der Waals surface area contributed by atoms with Crippen molar-refractivity contribution in [2.24, 2.45) is 5.73 Å². The highest BCUT2D eigenvalue weighted by atomic mass is 79.9. The van der Waals surface area contributed by atoms with Gasteiger partial charge >= 0.3 is 5.92 Å². The molecule has 116 valence electrons. The first-order valence-electron chi connectivity index (χ1n) is 6.26. The van der Waals surface area contributed by atoms with Crippen LogP contribution in [-0.4, -0.2) is 22.3 Å². The van der Waals surface area contributed by atoms with E-state index in [0.29, 0.717) is 5.69 Å². The fraction of sp³-hybridized carbons (Fsp3) is 0.286. The molecule has 2 aromatic rings. The third-order valence-electron chi connectivity index (χ3n) is 3.33. The normalized spacial score (nSPS) is 14.2. The molecule has 0 aliphatic carbocycles. The molecular formula is C14H13BrF2N4O.